The molecule has 4 rings (SSSR count). The first-order valence-electron chi connectivity index (χ1n) is 9.52. The summed E-state index contributed by atoms with van der Waals surface area (Å²) >= 11 is 0. The van der Waals surface area contributed by atoms with E-state index >= 15 is 0 Å². The minimum absolute atomic E-state index is 0.187. The highest BCUT2D eigenvalue weighted by Crippen LogP contribution is 2.34. The van der Waals surface area contributed by atoms with E-state index in [1.54, 1.807) is 6.33 Å². The number of nitrogens with zero attached hydrogens (tertiary/aromatic N) is 4. The van der Waals surface area contributed by atoms with Crippen LogP contribution in [0.2, 0.25) is 0 Å². The quantitative estimate of drug-likeness (QED) is 0.842. The predicted molar refractivity (Wildman–Crippen MR) is 99.6 cm³/mol. The molecule has 5 nitrogen and oxygen atoms in total. The number of hydrogen-bond acceptors (Lipinski definition) is 5. The largest absolute Gasteiger partial charge is 0.396 e. The fourth-order valence-corrected chi connectivity index (χ4v) is 3.71. The number of aliphatic hydroxyl groups is 1. The summed E-state index contributed by atoms with van der Waals surface area (Å²) < 4.78 is 27.3. The fourth-order valence-electron chi connectivity index (χ4n) is 3.71. The lowest BCUT2D eigenvalue weighted by atomic mass is 9.99. The van der Waals surface area contributed by atoms with Crippen LogP contribution >= 0.6 is 0 Å². The van der Waals surface area contributed by atoms with Gasteiger partial charge in [-0.3, -0.25) is 0 Å². The summed E-state index contributed by atoms with van der Waals surface area (Å²) in [6.07, 6.45) is 5.68. The zero-order valence-corrected chi connectivity index (χ0v) is 15.2. The number of halogens is 2. The lowest BCUT2D eigenvalue weighted by molar-refractivity contribution is 0.208. The molecular formula is C20H24F2N4O. The van der Waals surface area contributed by atoms with Gasteiger partial charge in [-0.15, -0.1) is 0 Å². The Morgan fingerprint density at radius 1 is 1.15 bits per heavy atom. The van der Waals surface area contributed by atoms with Gasteiger partial charge >= 0.3 is 0 Å². The molecule has 2 aromatic rings. The first-order chi connectivity index (χ1) is 13.1. The van der Waals surface area contributed by atoms with Gasteiger partial charge in [0, 0.05) is 50.0 Å². The molecule has 0 bridgehead atoms. The van der Waals surface area contributed by atoms with E-state index in [9.17, 15) is 13.9 Å². The van der Waals surface area contributed by atoms with E-state index in [0.717, 1.165) is 56.5 Å². The van der Waals surface area contributed by atoms with Crippen molar-refractivity contribution < 1.29 is 13.9 Å². The van der Waals surface area contributed by atoms with E-state index < -0.39 is 11.6 Å². The standard InChI is InChI=1S/C20H24F2N4O/c21-16-4-3-15(18(22)8-16)11-26(17-5-6-17)20-9-19(23-13-24-20)25-7-1-2-14(10-25)12-27/h3-4,8-9,13-14,17,27H,1-2,5-7,10-12H2. The molecule has 1 aromatic heterocycles. The summed E-state index contributed by atoms with van der Waals surface area (Å²) in [7, 11) is 0. The van der Waals surface area contributed by atoms with Crippen molar-refractivity contribution >= 4 is 11.6 Å². The van der Waals surface area contributed by atoms with Crippen LogP contribution < -0.4 is 9.80 Å². The van der Waals surface area contributed by atoms with Crippen LogP contribution in [-0.4, -0.2) is 40.8 Å². The molecule has 1 saturated heterocycles. The number of piperidine rings is 1. The van der Waals surface area contributed by atoms with Crippen molar-refractivity contribution in [3.8, 4) is 0 Å². The Labute approximate surface area is 157 Å². The van der Waals surface area contributed by atoms with Crippen molar-refractivity contribution in [2.24, 2.45) is 5.92 Å². The molecule has 1 aliphatic carbocycles. The highest BCUT2D eigenvalue weighted by molar-refractivity contribution is 5.52. The topological polar surface area (TPSA) is 52.5 Å². The normalized spacial score (nSPS) is 20.0. The van der Waals surface area contributed by atoms with Gasteiger partial charge in [-0.05, 0) is 37.7 Å². The van der Waals surface area contributed by atoms with Gasteiger partial charge in [-0.2, -0.15) is 0 Å². The summed E-state index contributed by atoms with van der Waals surface area (Å²) in [5.41, 5.74) is 0.460. The molecule has 1 aliphatic heterocycles. The summed E-state index contributed by atoms with van der Waals surface area (Å²) in [6, 6.07) is 5.98. The Hall–Kier alpha value is -2.28. The van der Waals surface area contributed by atoms with Crippen LogP contribution in [0.15, 0.2) is 30.6 Å². The third-order valence-corrected chi connectivity index (χ3v) is 5.38. The van der Waals surface area contributed by atoms with Gasteiger partial charge in [-0.1, -0.05) is 6.07 Å². The highest BCUT2D eigenvalue weighted by Gasteiger charge is 2.31. The summed E-state index contributed by atoms with van der Waals surface area (Å²) in [5.74, 6) is 0.768. The average Bonchev–Trinajstić information content (AvgIpc) is 3.53. The van der Waals surface area contributed by atoms with Crippen molar-refractivity contribution in [3.63, 3.8) is 0 Å². The second-order valence-electron chi connectivity index (χ2n) is 7.47. The van der Waals surface area contributed by atoms with E-state index in [2.05, 4.69) is 19.8 Å². The number of rotatable bonds is 6. The van der Waals surface area contributed by atoms with Crippen LogP contribution in [-0.2, 0) is 6.54 Å². The molecule has 1 atom stereocenters. The lowest BCUT2D eigenvalue weighted by Gasteiger charge is -2.33. The summed E-state index contributed by atoms with van der Waals surface area (Å²) in [4.78, 5) is 13.1. The van der Waals surface area contributed by atoms with Crippen LogP contribution in [0.1, 0.15) is 31.2 Å². The Morgan fingerprint density at radius 2 is 2.00 bits per heavy atom. The second-order valence-corrected chi connectivity index (χ2v) is 7.47. The first-order valence-corrected chi connectivity index (χ1v) is 9.52. The number of anilines is 2. The van der Waals surface area contributed by atoms with Crippen LogP contribution in [0.3, 0.4) is 0 Å². The van der Waals surface area contributed by atoms with Crippen LogP contribution in [0, 0.1) is 17.6 Å². The highest BCUT2D eigenvalue weighted by atomic mass is 19.1. The van der Waals surface area contributed by atoms with Crippen molar-refractivity contribution in [1.29, 1.82) is 0 Å². The van der Waals surface area contributed by atoms with Gasteiger partial charge in [0.2, 0.25) is 0 Å². The van der Waals surface area contributed by atoms with E-state index in [-0.39, 0.29) is 12.5 Å². The number of hydrogen-bond donors (Lipinski definition) is 1. The lowest BCUT2D eigenvalue weighted by Crippen LogP contribution is -2.37. The number of benzene rings is 1. The number of aliphatic hydroxyl groups excluding tert-OH is 1. The fraction of sp³-hybridized carbons (Fsp3) is 0.500. The maximum atomic E-state index is 14.1. The first kappa shape index (κ1) is 18.1. The minimum Gasteiger partial charge on any atom is -0.396 e. The molecule has 1 aromatic carbocycles. The molecule has 7 heteroatoms. The van der Waals surface area contributed by atoms with Crippen molar-refractivity contribution in [3.05, 3.63) is 47.8 Å². The molecule has 0 spiro atoms. The van der Waals surface area contributed by atoms with Crippen LogP contribution in [0.5, 0.6) is 0 Å². The van der Waals surface area contributed by atoms with Crippen molar-refractivity contribution in [2.75, 3.05) is 29.5 Å². The number of aromatic nitrogens is 2. The molecule has 0 radical (unpaired) electrons. The van der Waals surface area contributed by atoms with E-state index in [0.29, 0.717) is 18.2 Å². The third-order valence-electron chi connectivity index (χ3n) is 5.38. The molecule has 2 fully saturated rings. The monoisotopic (exact) mass is 374 g/mol. The van der Waals surface area contributed by atoms with Gasteiger partial charge in [0.05, 0.1) is 0 Å². The minimum atomic E-state index is -0.568. The van der Waals surface area contributed by atoms with Gasteiger partial charge < -0.3 is 14.9 Å². The van der Waals surface area contributed by atoms with Crippen LogP contribution in [0.25, 0.3) is 0 Å². The van der Waals surface area contributed by atoms with Gasteiger partial charge in [0.15, 0.2) is 0 Å². The zero-order chi connectivity index (χ0) is 18.8. The molecular weight excluding hydrogens is 350 g/mol. The van der Waals surface area contributed by atoms with Crippen molar-refractivity contribution in [2.45, 2.75) is 38.3 Å². The summed E-state index contributed by atoms with van der Waals surface area (Å²) in [6.45, 7) is 2.23. The average molecular weight is 374 g/mol. The molecule has 1 unspecified atom stereocenters. The molecule has 2 aliphatic rings. The van der Waals surface area contributed by atoms with Gasteiger partial charge in [-0.25, -0.2) is 18.7 Å². The van der Waals surface area contributed by atoms with Gasteiger partial charge in [0.25, 0.3) is 0 Å². The Kier molecular flexibility index (Phi) is 5.20. The zero-order valence-electron chi connectivity index (χ0n) is 15.2. The molecule has 27 heavy (non-hydrogen) atoms. The molecule has 0 amide bonds. The van der Waals surface area contributed by atoms with Gasteiger partial charge in [0.1, 0.15) is 29.6 Å². The predicted octanol–water partition coefficient (Wildman–Crippen LogP) is 3.13. The molecule has 144 valence electrons. The second kappa shape index (κ2) is 7.76. The van der Waals surface area contributed by atoms with Crippen molar-refractivity contribution in [1.82, 2.24) is 9.97 Å². The Balaban J connectivity index is 1.56. The molecule has 1 N–H and O–H groups in total. The Bertz CT molecular complexity index is 799. The summed E-state index contributed by atoms with van der Waals surface area (Å²) in [5, 5.41) is 9.46. The SMILES string of the molecule is OCC1CCCN(c2cc(N(Cc3ccc(F)cc3F)C3CC3)ncn2)C1. The van der Waals surface area contributed by atoms with E-state index in [4.69, 9.17) is 0 Å². The maximum Gasteiger partial charge on any atom is 0.134 e. The van der Waals surface area contributed by atoms with E-state index in [1.807, 2.05) is 6.07 Å². The Morgan fingerprint density at radius 3 is 2.74 bits per heavy atom. The smallest absolute Gasteiger partial charge is 0.134 e. The van der Waals surface area contributed by atoms with Crippen LogP contribution in [0.4, 0.5) is 20.4 Å². The maximum absolute atomic E-state index is 14.1. The molecule has 2 heterocycles. The van der Waals surface area contributed by atoms with E-state index in [1.165, 1.54) is 12.1 Å². The third kappa shape index (κ3) is 4.18. The molecule has 1 saturated carbocycles.